The van der Waals surface area contributed by atoms with Gasteiger partial charge in [0.15, 0.2) is 5.82 Å². The fourth-order valence-electron chi connectivity index (χ4n) is 3.23. The van der Waals surface area contributed by atoms with E-state index >= 15 is 0 Å². The summed E-state index contributed by atoms with van der Waals surface area (Å²) in [5.74, 6) is 2.92. The Hall–Kier alpha value is -3.00. The molecular weight excluding hydrogens is 340 g/mol. The second-order valence-corrected chi connectivity index (χ2v) is 6.94. The molecule has 2 N–H and O–H groups in total. The lowest BCUT2D eigenvalue weighted by Gasteiger charge is -2.28. The molecule has 0 bridgehead atoms. The van der Waals surface area contributed by atoms with Gasteiger partial charge in [0.05, 0.1) is 6.04 Å². The number of aromatic nitrogens is 5. The molecule has 2 fully saturated rings. The maximum absolute atomic E-state index is 4.81. The Bertz CT molecular complexity index is 912. The quantitative estimate of drug-likeness (QED) is 0.720. The average molecular weight is 362 g/mol. The molecule has 2 aliphatic rings. The summed E-state index contributed by atoms with van der Waals surface area (Å²) < 4.78 is 1.93. The van der Waals surface area contributed by atoms with Crippen molar-refractivity contribution in [2.45, 2.75) is 18.9 Å². The minimum Gasteiger partial charge on any atom is -0.354 e. The number of anilines is 3. The number of benzene rings is 1. The van der Waals surface area contributed by atoms with Crippen molar-refractivity contribution in [3.8, 4) is 11.4 Å². The van der Waals surface area contributed by atoms with Crippen molar-refractivity contribution < 1.29 is 0 Å². The highest BCUT2D eigenvalue weighted by Crippen LogP contribution is 2.34. The molecule has 5 rings (SSSR count). The molecule has 8 heteroatoms. The highest BCUT2D eigenvalue weighted by atomic mass is 15.4. The number of piperazine rings is 1. The van der Waals surface area contributed by atoms with Crippen molar-refractivity contribution in [2.75, 3.05) is 36.4 Å². The van der Waals surface area contributed by atoms with Crippen LogP contribution in [-0.2, 0) is 0 Å². The van der Waals surface area contributed by atoms with Crippen molar-refractivity contribution in [3.63, 3.8) is 0 Å². The summed E-state index contributed by atoms with van der Waals surface area (Å²) in [6, 6.07) is 12.5. The van der Waals surface area contributed by atoms with Crippen molar-refractivity contribution >= 4 is 17.6 Å². The van der Waals surface area contributed by atoms with E-state index in [0.717, 1.165) is 37.6 Å². The van der Waals surface area contributed by atoms with Gasteiger partial charge < -0.3 is 15.5 Å². The summed E-state index contributed by atoms with van der Waals surface area (Å²) >= 11 is 0. The monoisotopic (exact) mass is 362 g/mol. The van der Waals surface area contributed by atoms with Gasteiger partial charge in [-0.15, -0.1) is 5.10 Å². The minimum absolute atomic E-state index is 0.509. The van der Waals surface area contributed by atoms with Crippen LogP contribution in [0.5, 0.6) is 0 Å². The van der Waals surface area contributed by atoms with Crippen LogP contribution in [0.15, 0.2) is 42.7 Å². The molecule has 1 aromatic carbocycles. The molecule has 1 aliphatic heterocycles. The molecule has 0 atom stereocenters. The first kappa shape index (κ1) is 16.2. The molecule has 1 saturated carbocycles. The third-order valence-corrected chi connectivity index (χ3v) is 4.85. The van der Waals surface area contributed by atoms with Crippen LogP contribution in [0.4, 0.5) is 17.6 Å². The molecule has 0 amide bonds. The van der Waals surface area contributed by atoms with E-state index in [2.05, 4.69) is 25.6 Å². The topological polar surface area (TPSA) is 83.8 Å². The van der Waals surface area contributed by atoms with Gasteiger partial charge in [-0.25, -0.2) is 19.6 Å². The molecule has 1 saturated heterocycles. The van der Waals surface area contributed by atoms with Gasteiger partial charge in [-0.3, -0.25) is 0 Å². The molecule has 1 aliphatic carbocycles. The van der Waals surface area contributed by atoms with Crippen molar-refractivity contribution in [1.82, 2.24) is 30.0 Å². The summed E-state index contributed by atoms with van der Waals surface area (Å²) in [6.45, 7) is 3.78. The Kier molecular flexibility index (Phi) is 4.17. The van der Waals surface area contributed by atoms with Crippen LogP contribution in [-0.4, -0.2) is 50.9 Å². The van der Waals surface area contributed by atoms with Crippen LogP contribution in [0.25, 0.3) is 11.4 Å². The number of hydrogen-bond donors (Lipinski definition) is 2. The molecule has 0 unspecified atom stereocenters. The first-order chi connectivity index (χ1) is 13.3. The summed E-state index contributed by atoms with van der Waals surface area (Å²) in [6.07, 6.45) is 4.15. The third kappa shape index (κ3) is 3.61. The smallest absolute Gasteiger partial charge is 0.247 e. The van der Waals surface area contributed by atoms with E-state index in [9.17, 15) is 0 Å². The van der Waals surface area contributed by atoms with Crippen molar-refractivity contribution in [1.29, 1.82) is 0 Å². The largest absolute Gasteiger partial charge is 0.354 e. The SMILES string of the molecule is c1ccc(-c2nc(Nc3ncn(C4CC4)n3)cc(N3CCNCC3)n2)cc1. The maximum Gasteiger partial charge on any atom is 0.247 e. The minimum atomic E-state index is 0.509. The Morgan fingerprint density at radius 3 is 2.63 bits per heavy atom. The van der Waals surface area contributed by atoms with E-state index in [1.807, 2.05) is 41.1 Å². The summed E-state index contributed by atoms with van der Waals surface area (Å²) in [4.78, 5) is 16.2. The Morgan fingerprint density at radius 1 is 1.04 bits per heavy atom. The molecule has 0 spiro atoms. The van der Waals surface area contributed by atoms with Crippen molar-refractivity contribution in [3.05, 3.63) is 42.7 Å². The normalized spacial score (nSPS) is 17.1. The predicted octanol–water partition coefficient (Wildman–Crippen LogP) is 2.22. The highest BCUT2D eigenvalue weighted by Gasteiger charge is 2.25. The average Bonchev–Trinajstić information content (AvgIpc) is 3.48. The zero-order chi connectivity index (χ0) is 18.1. The molecular formula is C19H22N8. The molecule has 3 aromatic rings. The van der Waals surface area contributed by atoms with E-state index in [0.29, 0.717) is 23.6 Å². The van der Waals surface area contributed by atoms with E-state index in [-0.39, 0.29) is 0 Å². The van der Waals surface area contributed by atoms with E-state index in [1.54, 1.807) is 6.33 Å². The van der Waals surface area contributed by atoms with Crippen molar-refractivity contribution in [2.24, 2.45) is 0 Å². The van der Waals surface area contributed by atoms with Crippen LogP contribution in [0.3, 0.4) is 0 Å². The van der Waals surface area contributed by atoms with E-state index < -0.39 is 0 Å². The molecule has 8 nitrogen and oxygen atoms in total. The molecule has 0 radical (unpaired) electrons. The zero-order valence-corrected chi connectivity index (χ0v) is 15.0. The first-order valence-electron chi connectivity index (χ1n) is 9.43. The molecule has 27 heavy (non-hydrogen) atoms. The first-order valence-corrected chi connectivity index (χ1v) is 9.43. The van der Waals surface area contributed by atoms with Gasteiger partial charge in [0.25, 0.3) is 0 Å². The van der Waals surface area contributed by atoms with Gasteiger partial charge in [0.1, 0.15) is 18.0 Å². The third-order valence-electron chi connectivity index (χ3n) is 4.85. The van der Waals surface area contributed by atoms with Gasteiger partial charge in [-0.1, -0.05) is 30.3 Å². The van der Waals surface area contributed by atoms with Crippen LogP contribution >= 0.6 is 0 Å². The predicted molar refractivity (Wildman–Crippen MR) is 104 cm³/mol. The lowest BCUT2D eigenvalue weighted by atomic mass is 10.2. The Morgan fingerprint density at radius 2 is 1.85 bits per heavy atom. The fraction of sp³-hybridized carbons (Fsp3) is 0.368. The van der Waals surface area contributed by atoms with Gasteiger partial charge in [0, 0.05) is 37.8 Å². The number of hydrogen-bond acceptors (Lipinski definition) is 7. The van der Waals surface area contributed by atoms with Gasteiger partial charge in [0.2, 0.25) is 5.95 Å². The molecule has 138 valence electrons. The van der Waals surface area contributed by atoms with E-state index in [1.165, 1.54) is 12.8 Å². The number of nitrogens with zero attached hydrogens (tertiary/aromatic N) is 6. The van der Waals surface area contributed by atoms with Gasteiger partial charge in [-0.05, 0) is 12.8 Å². The second kappa shape index (κ2) is 6.96. The van der Waals surface area contributed by atoms with Gasteiger partial charge >= 0.3 is 0 Å². The summed E-state index contributed by atoms with van der Waals surface area (Å²) in [5.41, 5.74) is 0.994. The van der Waals surface area contributed by atoms with Crippen LogP contribution in [0.1, 0.15) is 18.9 Å². The Balaban J connectivity index is 1.48. The molecule has 2 aromatic heterocycles. The lowest BCUT2D eigenvalue weighted by Crippen LogP contribution is -2.44. The summed E-state index contributed by atoms with van der Waals surface area (Å²) in [5, 5.41) is 11.2. The standard InChI is InChI=1S/C19H22N8/c1-2-4-14(5-3-1)18-22-16(12-17(24-18)26-10-8-20-9-11-26)23-19-21-13-27(25-19)15-6-7-15/h1-5,12-13,15,20H,6-11H2,(H,22,23,24,25). The number of nitrogens with one attached hydrogen (secondary N) is 2. The highest BCUT2D eigenvalue weighted by molar-refractivity contribution is 5.63. The maximum atomic E-state index is 4.81. The zero-order valence-electron chi connectivity index (χ0n) is 15.0. The van der Waals surface area contributed by atoms with Crippen LogP contribution < -0.4 is 15.5 Å². The van der Waals surface area contributed by atoms with E-state index in [4.69, 9.17) is 9.97 Å². The van der Waals surface area contributed by atoms with Crippen LogP contribution in [0, 0.1) is 0 Å². The number of rotatable bonds is 5. The molecule has 3 heterocycles. The fourth-order valence-corrected chi connectivity index (χ4v) is 3.23. The summed E-state index contributed by atoms with van der Waals surface area (Å²) in [7, 11) is 0. The van der Waals surface area contributed by atoms with Crippen LogP contribution in [0.2, 0.25) is 0 Å². The second-order valence-electron chi connectivity index (χ2n) is 6.94. The van der Waals surface area contributed by atoms with Gasteiger partial charge in [-0.2, -0.15) is 0 Å². The lowest BCUT2D eigenvalue weighted by molar-refractivity contribution is 0.585. The Labute approximate surface area is 157 Å².